The number of aromatic nitrogens is 2. The van der Waals surface area contributed by atoms with Crippen LogP contribution in [0.3, 0.4) is 0 Å². The van der Waals surface area contributed by atoms with Crippen molar-refractivity contribution in [1.82, 2.24) is 9.97 Å². The molecule has 3 N–H and O–H groups in total. The van der Waals surface area contributed by atoms with Gasteiger partial charge < -0.3 is 11.1 Å². The monoisotopic (exact) mass is 276 g/mol. The summed E-state index contributed by atoms with van der Waals surface area (Å²) >= 11 is 1.80. The maximum Gasteiger partial charge on any atom is 0.135 e. The second kappa shape index (κ2) is 5.57. The molecule has 0 spiro atoms. The normalized spacial score (nSPS) is 12.7. The summed E-state index contributed by atoms with van der Waals surface area (Å²) in [6.07, 6.45) is 1.51. The van der Waals surface area contributed by atoms with Crippen molar-refractivity contribution >= 4 is 23.0 Å². The molecule has 0 amide bonds. The number of rotatable bonds is 4. The molecule has 1 unspecified atom stereocenters. The second-order valence-corrected chi connectivity index (χ2v) is 6.31. The van der Waals surface area contributed by atoms with E-state index in [4.69, 9.17) is 5.73 Å². The molecule has 0 radical (unpaired) electrons. The van der Waals surface area contributed by atoms with Gasteiger partial charge in [-0.2, -0.15) is 0 Å². The zero-order chi connectivity index (χ0) is 14.0. The predicted molar refractivity (Wildman–Crippen MR) is 81.6 cm³/mol. The van der Waals surface area contributed by atoms with Gasteiger partial charge in [0.15, 0.2) is 0 Å². The fourth-order valence-corrected chi connectivity index (χ4v) is 2.94. The predicted octanol–water partition coefficient (Wildman–Crippen LogP) is 3.73. The third kappa shape index (κ3) is 3.04. The first kappa shape index (κ1) is 13.8. The van der Waals surface area contributed by atoms with E-state index < -0.39 is 0 Å². The van der Waals surface area contributed by atoms with Crippen LogP contribution in [0.25, 0.3) is 0 Å². The Hall–Kier alpha value is -1.62. The van der Waals surface area contributed by atoms with Crippen LogP contribution in [0, 0.1) is 6.92 Å². The molecule has 0 aliphatic rings. The van der Waals surface area contributed by atoms with Crippen molar-refractivity contribution in [2.24, 2.45) is 0 Å². The van der Waals surface area contributed by atoms with Gasteiger partial charge in [0.1, 0.15) is 18.0 Å². The molecule has 0 saturated carbocycles. The largest absolute Gasteiger partial charge is 0.383 e. The minimum atomic E-state index is 0.213. The summed E-state index contributed by atoms with van der Waals surface area (Å²) in [6, 6.07) is 4.50. The van der Waals surface area contributed by atoms with E-state index in [9.17, 15) is 0 Å². The zero-order valence-electron chi connectivity index (χ0n) is 11.8. The van der Waals surface area contributed by atoms with Crippen LogP contribution in [0.5, 0.6) is 0 Å². The first-order valence-corrected chi connectivity index (χ1v) is 7.24. The lowest BCUT2D eigenvalue weighted by molar-refractivity contribution is 0.828. The second-order valence-electron chi connectivity index (χ2n) is 4.99. The molecule has 2 aromatic rings. The molecule has 0 saturated heterocycles. The fourth-order valence-electron chi connectivity index (χ4n) is 2.06. The minimum absolute atomic E-state index is 0.213. The molecule has 5 heteroatoms. The van der Waals surface area contributed by atoms with E-state index in [-0.39, 0.29) is 6.04 Å². The van der Waals surface area contributed by atoms with Gasteiger partial charge in [-0.05, 0) is 31.9 Å². The van der Waals surface area contributed by atoms with Gasteiger partial charge in [-0.15, -0.1) is 11.3 Å². The number of nitrogens with zero attached hydrogens (tertiary/aromatic N) is 2. The van der Waals surface area contributed by atoms with E-state index in [1.54, 1.807) is 11.3 Å². The zero-order valence-corrected chi connectivity index (χ0v) is 12.6. The maximum atomic E-state index is 5.95. The van der Waals surface area contributed by atoms with E-state index in [0.717, 1.165) is 11.4 Å². The quantitative estimate of drug-likeness (QED) is 0.893. The van der Waals surface area contributed by atoms with Crippen LogP contribution < -0.4 is 11.1 Å². The molecule has 2 rings (SSSR count). The highest BCUT2D eigenvalue weighted by Crippen LogP contribution is 2.30. The molecule has 0 aliphatic carbocycles. The van der Waals surface area contributed by atoms with Crippen molar-refractivity contribution in [2.45, 2.75) is 39.7 Å². The van der Waals surface area contributed by atoms with Crippen molar-refractivity contribution in [3.63, 3.8) is 0 Å². The van der Waals surface area contributed by atoms with Crippen LogP contribution in [0.1, 0.15) is 48.0 Å². The maximum absolute atomic E-state index is 5.95. The summed E-state index contributed by atoms with van der Waals surface area (Å²) in [5.41, 5.74) is 6.94. The molecule has 2 heterocycles. The molecular weight excluding hydrogens is 256 g/mol. The van der Waals surface area contributed by atoms with E-state index in [2.05, 4.69) is 55.1 Å². The summed E-state index contributed by atoms with van der Waals surface area (Å²) < 4.78 is 0. The lowest BCUT2D eigenvalue weighted by Gasteiger charge is -2.18. The topological polar surface area (TPSA) is 63.8 Å². The van der Waals surface area contributed by atoms with Crippen LogP contribution in [0.2, 0.25) is 0 Å². The lowest BCUT2D eigenvalue weighted by atomic mass is 10.0. The summed E-state index contributed by atoms with van der Waals surface area (Å²) in [4.78, 5) is 11.0. The van der Waals surface area contributed by atoms with Crippen LogP contribution >= 0.6 is 11.3 Å². The first-order chi connectivity index (χ1) is 8.99. The summed E-state index contributed by atoms with van der Waals surface area (Å²) in [5, 5.41) is 3.44. The van der Waals surface area contributed by atoms with E-state index in [0.29, 0.717) is 11.7 Å². The Morgan fingerprint density at radius 3 is 2.53 bits per heavy atom. The van der Waals surface area contributed by atoms with Crippen LogP contribution in [-0.4, -0.2) is 9.97 Å². The van der Waals surface area contributed by atoms with Crippen LogP contribution in [-0.2, 0) is 0 Å². The lowest BCUT2D eigenvalue weighted by Crippen LogP contribution is -2.12. The Kier molecular flexibility index (Phi) is 4.04. The van der Waals surface area contributed by atoms with Gasteiger partial charge in [-0.3, -0.25) is 0 Å². The SMILES string of the molecule is Cc1ccc(C(C)Nc2ncnc(N)c2C(C)C)s1. The van der Waals surface area contributed by atoms with E-state index >= 15 is 0 Å². The Bertz CT molecular complexity index is 562. The molecule has 0 aliphatic heterocycles. The summed E-state index contributed by atoms with van der Waals surface area (Å²) in [6.45, 7) is 8.44. The Balaban J connectivity index is 2.26. The molecule has 0 bridgehead atoms. The standard InChI is InChI=1S/C14H20N4S/c1-8(2)12-13(15)16-7-17-14(12)18-10(4)11-6-5-9(3)19-11/h5-8,10H,1-4H3,(H3,15,16,17,18). The van der Waals surface area contributed by atoms with Crippen molar-refractivity contribution in [2.75, 3.05) is 11.1 Å². The summed E-state index contributed by atoms with van der Waals surface area (Å²) in [7, 11) is 0. The number of nitrogens with two attached hydrogens (primary N) is 1. The van der Waals surface area contributed by atoms with Gasteiger partial charge >= 0.3 is 0 Å². The van der Waals surface area contributed by atoms with Crippen molar-refractivity contribution in [3.8, 4) is 0 Å². The highest BCUT2D eigenvalue weighted by atomic mass is 32.1. The third-order valence-corrected chi connectivity index (χ3v) is 4.22. The van der Waals surface area contributed by atoms with Crippen molar-refractivity contribution in [1.29, 1.82) is 0 Å². The van der Waals surface area contributed by atoms with Gasteiger partial charge in [-0.1, -0.05) is 13.8 Å². The Labute approximate surface area is 118 Å². The molecule has 4 nitrogen and oxygen atoms in total. The van der Waals surface area contributed by atoms with Crippen molar-refractivity contribution < 1.29 is 0 Å². The number of hydrogen-bond donors (Lipinski definition) is 2. The molecule has 2 aromatic heterocycles. The average molecular weight is 276 g/mol. The van der Waals surface area contributed by atoms with Gasteiger partial charge in [0, 0.05) is 15.3 Å². The highest BCUT2D eigenvalue weighted by Gasteiger charge is 2.16. The van der Waals surface area contributed by atoms with Crippen LogP contribution in [0.4, 0.5) is 11.6 Å². The smallest absolute Gasteiger partial charge is 0.135 e. The number of hydrogen-bond acceptors (Lipinski definition) is 5. The number of aryl methyl sites for hydroxylation is 1. The molecule has 0 aromatic carbocycles. The number of nitrogens with one attached hydrogen (secondary N) is 1. The van der Waals surface area contributed by atoms with Crippen molar-refractivity contribution in [3.05, 3.63) is 33.8 Å². The summed E-state index contributed by atoms with van der Waals surface area (Å²) in [5.74, 6) is 1.68. The van der Waals surface area contributed by atoms with Gasteiger partial charge in [0.2, 0.25) is 0 Å². The van der Waals surface area contributed by atoms with Gasteiger partial charge in [-0.25, -0.2) is 9.97 Å². The van der Waals surface area contributed by atoms with Gasteiger partial charge in [0.05, 0.1) is 6.04 Å². The molecule has 19 heavy (non-hydrogen) atoms. The minimum Gasteiger partial charge on any atom is -0.383 e. The number of nitrogen functional groups attached to an aromatic ring is 1. The van der Waals surface area contributed by atoms with E-state index in [1.807, 2.05) is 0 Å². The average Bonchev–Trinajstić information content (AvgIpc) is 2.75. The Morgan fingerprint density at radius 1 is 1.21 bits per heavy atom. The highest BCUT2D eigenvalue weighted by molar-refractivity contribution is 7.12. The Morgan fingerprint density at radius 2 is 1.95 bits per heavy atom. The van der Waals surface area contributed by atoms with E-state index in [1.165, 1.54) is 16.1 Å². The molecule has 1 atom stereocenters. The number of anilines is 2. The molecular formula is C14H20N4S. The number of thiophene rings is 1. The van der Waals surface area contributed by atoms with Crippen LogP contribution in [0.15, 0.2) is 18.5 Å². The third-order valence-electron chi connectivity index (χ3n) is 3.03. The first-order valence-electron chi connectivity index (χ1n) is 6.42. The fraction of sp³-hybridized carbons (Fsp3) is 0.429. The molecule has 102 valence electrons. The molecule has 0 fully saturated rings. The van der Waals surface area contributed by atoms with Gasteiger partial charge in [0.25, 0.3) is 0 Å².